The van der Waals surface area contributed by atoms with Crippen LogP contribution in [-0.4, -0.2) is 30.4 Å². The number of carbonyl (C=O) groups excluding carboxylic acids is 1. The largest absolute Gasteiger partial charge is 0.345 e. The van der Waals surface area contributed by atoms with Crippen LogP contribution in [0.2, 0.25) is 0 Å². The highest BCUT2D eigenvalue weighted by Crippen LogP contribution is 2.19. The Kier molecular flexibility index (Phi) is 3.09. The first kappa shape index (κ1) is 9.52. The van der Waals surface area contributed by atoms with E-state index in [1.165, 1.54) is 0 Å². The molecule has 2 atom stereocenters. The first-order valence-corrected chi connectivity index (χ1v) is 4.42. The van der Waals surface area contributed by atoms with Crippen molar-refractivity contribution in [3.05, 3.63) is 6.92 Å². The van der Waals surface area contributed by atoms with E-state index in [9.17, 15) is 4.79 Å². The van der Waals surface area contributed by atoms with Crippen molar-refractivity contribution < 1.29 is 4.79 Å². The van der Waals surface area contributed by atoms with Gasteiger partial charge in [-0.1, -0.05) is 0 Å². The van der Waals surface area contributed by atoms with E-state index < -0.39 is 0 Å². The van der Waals surface area contributed by atoms with Gasteiger partial charge in [0.05, 0.1) is 0 Å². The zero-order chi connectivity index (χ0) is 9.14. The van der Waals surface area contributed by atoms with Crippen molar-refractivity contribution in [3.8, 4) is 0 Å². The third-order valence-corrected chi connectivity index (χ3v) is 2.36. The molecule has 0 bridgehead atoms. The first-order valence-electron chi connectivity index (χ1n) is 4.42. The second-order valence-corrected chi connectivity index (χ2v) is 3.67. The minimum absolute atomic E-state index is 0.0107. The molecule has 0 aromatic heterocycles. The number of piperidine rings is 1. The van der Waals surface area contributed by atoms with E-state index in [0.29, 0.717) is 12.3 Å². The summed E-state index contributed by atoms with van der Waals surface area (Å²) >= 11 is 0. The Labute approximate surface area is 73.9 Å². The molecular weight excluding hydrogens is 152 g/mol. The van der Waals surface area contributed by atoms with Crippen LogP contribution in [0.15, 0.2) is 0 Å². The Morgan fingerprint density at radius 2 is 2.50 bits per heavy atom. The summed E-state index contributed by atoms with van der Waals surface area (Å²) in [6.45, 7) is 4.60. The molecule has 1 saturated heterocycles. The Hall–Kier alpha value is -0.570. The van der Waals surface area contributed by atoms with Gasteiger partial charge in [-0.2, -0.15) is 0 Å². The number of amides is 1. The van der Waals surface area contributed by atoms with Crippen molar-refractivity contribution in [3.63, 3.8) is 0 Å². The molecule has 1 rings (SSSR count). The van der Waals surface area contributed by atoms with Crippen LogP contribution in [0.1, 0.15) is 19.3 Å². The molecule has 0 aliphatic carbocycles. The number of nitrogens with zero attached hydrogens (tertiary/aromatic N) is 1. The highest BCUT2D eigenvalue weighted by Gasteiger charge is 2.23. The molecule has 1 heterocycles. The van der Waals surface area contributed by atoms with Gasteiger partial charge in [0.1, 0.15) is 0 Å². The van der Waals surface area contributed by atoms with Crippen LogP contribution in [0.5, 0.6) is 0 Å². The third-order valence-electron chi connectivity index (χ3n) is 2.36. The number of nitrogens with two attached hydrogens (primary N) is 1. The minimum atomic E-state index is 0.0107. The first-order chi connectivity index (χ1) is 5.59. The van der Waals surface area contributed by atoms with Gasteiger partial charge in [-0.15, -0.1) is 0 Å². The monoisotopic (exact) mass is 169 g/mol. The number of carbonyl (C=O) groups is 1. The topological polar surface area (TPSA) is 46.3 Å². The van der Waals surface area contributed by atoms with E-state index in [2.05, 4.69) is 6.92 Å². The van der Waals surface area contributed by atoms with Gasteiger partial charge < -0.3 is 10.6 Å². The van der Waals surface area contributed by atoms with Crippen LogP contribution in [0.25, 0.3) is 0 Å². The van der Waals surface area contributed by atoms with E-state index in [0.717, 1.165) is 19.4 Å². The summed E-state index contributed by atoms with van der Waals surface area (Å²) in [5.74, 6) is 0.809. The summed E-state index contributed by atoms with van der Waals surface area (Å²) in [5, 5.41) is 0. The van der Waals surface area contributed by atoms with Gasteiger partial charge in [-0.05, 0) is 25.7 Å². The smallest absolute Gasteiger partial charge is 0.222 e. The molecule has 3 heteroatoms. The Balaban J connectivity index is 2.35. The molecule has 1 fully saturated rings. The number of likely N-dealkylation sites (tertiary alicyclic amines) is 1. The summed E-state index contributed by atoms with van der Waals surface area (Å²) in [4.78, 5) is 12.9. The predicted octanol–water partition coefficient (Wildman–Crippen LogP) is 0.406. The van der Waals surface area contributed by atoms with E-state index in [1.807, 2.05) is 7.05 Å². The maximum atomic E-state index is 11.1. The minimum Gasteiger partial charge on any atom is -0.345 e. The van der Waals surface area contributed by atoms with Crippen molar-refractivity contribution in [1.29, 1.82) is 0 Å². The van der Waals surface area contributed by atoms with Gasteiger partial charge >= 0.3 is 0 Å². The highest BCUT2D eigenvalue weighted by atomic mass is 16.2. The van der Waals surface area contributed by atoms with Crippen LogP contribution in [0.4, 0.5) is 0 Å². The molecule has 0 spiro atoms. The molecule has 3 nitrogen and oxygen atoms in total. The van der Waals surface area contributed by atoms with Gasteiger partial charge in [0.25, 0.3) is 0 Å². The maximum absolute atomic E-state index is 11.1. The van der Waals surface area contributed by atoms with Crippen LogP contribution < -0.4 is 5.73 Å². The SMILES string of the molecule is [CH2][C@H](N)C[C@H]1CCC(=O)N(C)C1. The molecule has 1 radical (unpaired) electrons. The molecule has 1 aliphatic rings. The van der Waals surface area contributed by atoms with Gasteiger partial charge in [0.15, 0.2) is 0 Å². The van der Waals surface area contributed by atoms with E-state index in [4.69, 9.17) is 5.73 Å². The molecule has 1 amide bonds. The molecular formula is C9H17N2O. The zero-order valence-corrected chi connectivity index (χ0v) is 7.62. The Morgan fingerprint density at radius 1 is 1.83 bits per heavy atom. The fourth-order valence-electron chi connectivity index (χ4n) is 1.72. The lowest BCUT2D eigenvalue weighted by Gasteiger charge is -2.30. The summed E-state index contributed by atoms with van der Waals surface area (Å²) in [6, 6.07) is 0.0107. The van der Waals surface area contributed by atoms with Crippen molar-refractivity contribution >= 4 is 5.91 Å². The van der Waals surface area contributed by atoms with E-state index in [1.54, 1.807) is 4.90 Å². The molecule has 0 unspecified atom stereocenters. The van der Waals surface area contributed by atoms with Crippen molar-refractivity contribution in [2.75, 3.05) is 13.6 Å². The summed E-state index contributed by atoms with van der Waals surface area (Å²) in [6.07, 6.45) is 2.58. The van der Waals surface area contributed by atoms with Gasteiger partial charge in [0, 0.05) is 26.1 Å². The lowest BCUT2D eigenvalue weighted by atomic mass is 9.92. The molecule has 0 aromatic carbocycles. The van der Waals surface area contributed by atoms with Gasteiger partial charge in [-0.3, -0.25) is 4.79 Å². The normalized spacial score (nSPS) is 27.4. The molecule has 0 saturated carbocycles. The van der Waals surface area contributed by atoms with Crippen molar-refractivity contribution in [2.24, 2.45) is 11.7 Å². The van der Waals surface area contributed by atoms with Crippen LogP contribution in [0, 0.1) is 12.8 Å². The van der Waals surface area contributed by atoms with Gasteiger partial charge in [-0.25, -0.2) is 0 Å². The summed E-state index contributed by atoms with van der Waals surface area (Å²) in [5.41, 5.74) is 5.59. The molecule has 12 heavy (non-hydrogen) atoms. The average Bonchev–Trinajstić information content (AvgIpc) is 1.96. The van der Waals surface area contributed by atoms with Crippen molar-refractivity contribution in [1.82, 2.24) is 4.90 Å². The fourth-order valence-corrected chi connectivity index (χ4v) is 1.72. The van der Waals surface area contributed by atoms with Gasteiger partial charge in [0.2, 0.25) is 5.91 Å². The third kappa shape index (κ3) is 2.48. The number of hydrogen-bond donors (Lipinski definition) is 1. The summed E-state index contributed by atoms with van der Waals surface area (Å²) < 4.78 is 0. The van der Waals surface area contributed by atoms with E-state index >= 15 is 0 Å². The van der Waals surface area contributed by atoms with Crippen LogP contribution in [0.3, 0.4) is 0 Å². The molecule has 0 aromatic rings. The number of rotatable bonds is 2. The maximum Gasteiger partial charge on any atom is 0.222 e. The Morgan fingerprint density at radius 3 is 3.00 bits per heavy atom. The van der Waals surface area contributed by atoms with Crippen molar-refractivity contribution in [2.45, 2.75) is 25.3 Å². The number of hydrogen-bond acceptors (Lipinski definition) is 2. The zero-order valence-electron chi connectivity index (χ0n) is 7.62. The Bertz CT molecular complexity index is 168. The lowest BCUT2D eigenvalue weighted by Crippen LogP contribution is -2.38. The second kappa shape index (κ2) is 3.90. The fraction of sp³-hybridized carbons (Fsp3) is 0.778. The van der Waals surface area contributed by atoms with E-state index in [-0.39, 0.29) is 11.9 Å². The predicted molar refractivity (Wildman–Crippen MR) is 48.3 cm³/mol. The average molecular weight is 169 g/mol. The quantitative estimate of drug-likeness (QED) is 0.650. The lowest BCUT2D eigenvalue weighted by molar-refractivity contribution is -0.133. The molecule has 69 valence electrons. The highest BCUT2D eigenvalue weighted by molar-refractivity contribution is 5.76. The van der Waals surface area contributed by atoms with Crippen LogP contribution in [-0.2, 0) is 4.79 Å². The molecule has 1 aliphatic heterocycles. The molecule has 2 N–H and O–H groups in total. The second-order valence-electron chi connectivity index (χ2n) is 3.67. The standard InChI is InChI=1S/C9H17N2O/c1-7(10)5-8-3-4-9(12)11(2)6-8/h7-8H,1,3-6,10H2,2H3/t7-,8+/m0/s1. The summed E-state index contributed by atoms with van der Waals surface area (Å²) in [7, 11) is 1.85. The van der Waals surface area contributed by atoms with Crippen LogP contribution >= 0.6 is 0 Å².